The molecular weight excluding hydrogens is 298 g/mol. The highest BCUT2D eigenvalue weighted by atomic mass is 79.9. The van der Waals surface area contributed by atoms with Crippen molar-refractivity contribution in [1.29, 1.82) is 0 Å². The number of nitrogens with zero attached hydrogens (tertiary/aromatic N) is 2. The standard InChI is InChI=1S/C12H14BrN3O2/c1-18-10-3-8(13)2-9(4-10)16-7-15-5-12(16)11(14)6-17/h2-5,7,11,17H,6,14H2,1H3. The Kier molecular flexibility index (Phi) is 4.00. The number of aromatic nitrogens is 2. The number of halogens is 1. The molecule has 0 saturated heterocycles. The zero-order valence-electron chi connectivity index (χ0n) is 9.88. The van der Waals surface area contributed by atoms with Crippen LogP contribution in [-0.2, 0) is 0 Å². The van der Waals surface area contributed by atoms with Gasteiger partial charge in [0, 0.05) is 10.5 Å². The minimum absolute atomic E-state index is 0.128. The molecule has 5 nitrogen and oxygen atoms in total. The Morgan fingerprint density at radius 2 is 2.28 bits per heavy atom. The van der Waals surface area contributed by atoms with E-state index in [-0.39, 0.29) is 6.61 Å². The number of ether oxygens (including phenoxy) is 1. The van der Waals surface area contributed by atoms with Crippen molar-refractivity contribution in [2.45, 2.75) is 6.04 Å². The van der Waals surface area contributed by atoms with E-state index in [4.69, 9.17) is 15.6 Å². The van der Waals surface area contributed by atoms with Crippen LogP contribution in [0.15, 0.2) is 35.2 Å². The Bertz CT molecular complexity index is 542. The summed E-state index contributed by atoms with van der Waals surface area (Å²) in [6.07, 6.45) is 3.31. The third-order valence-electron chi connectivity index (χ3n) is 2.61. The van der Waals surface area contributed by atoms with Gasteiger partial charge in [-0.25, -0.2) is 4.98 Å². The summed E-state index contributed by atoms with van der Waals surface area (Å²) in [5.41, 5.74) is 7.45. The van der Waals surface area contributed by atoms with E-state index in [1.165, 1.54) is 0 Å². The van der Waals surface area contributed by atoms with Crippen molar-refractivity contribution < 1.29 is 9.84 Å². The number of nitrogens with two attached hydrogens (primary N) is 1. The first-order valence-electron chi connectivity index (χ1n) is 5.39. The van der Waals surface area contributed by atoms with Crippen LogP contribution in [0.5, 0.6) is 5.75 Å². The van der Waals surface area contributed by atoms with Crippen molar-refractivity contribution in [2.75, 3.05) is 13.7 Å². The van der Waals surface area contributed by atoms with Crippen molar-refractivity contribution in [3.8, 4) is 11.4 Å². The molecule has 0 radical (unpaired) electrons. The van der Waals surface area contributed by atoms with E-state index in [0.29, 0.717) is 0 Å². The first-order chi connectivity index (χ1) is 8.65. The summed E-state index contributed by atoms with van der Waals surface area (Å²) >= 11 is 3.42. The average Bonchev–Trinajstić information content (AvgIpc) is 2.86. The monoisotopic (exact) mass is 311 g/mol. The second kappa shape index (κ2) is 5.51. The average molecular weight is 312 g/mol. The Balaban J connectivity index is 2.48. The van der Waals surface area contributed by atoms with Crippen molar-refractivity contribution in [3.05, 3.63) is 40.9 Å². The highest BCUT2D eigenvalue weighted by Gasteiger charge is 2.12. The lowest BCUT2D eigenvalue weighted by atomic mass is 10.2. The van der Waals surface area contributed by atoms with E-state index in [2.05, 4.69) is 20.9 Å². The van der Waals surface area contributed by atoms with Crippen LogP contribution in [0.4, 0.5) is 0 Å². The van der Waals surface area contributed by atoms with Gasteiger partial charge in [0.05, 0.1) is 43.7 Å². The van der Waals surface area contributed by atoms with Gasteiger partial charge in [0.1, 0.15) is 5.75 Å². The number of imidazole rings is 1. The number of aliphatic hydroxyl groups excluding tert-OH is 1. The van der Waals surface area contributed by atoms with Crippen molar-refractivity contribution in [2.24, 2.45) is 5.73 Å². The van der Waals surface area contributed by atoms with Crippen LogP contribution in [0.1, 0.15) is 11.7 Å². The fraction of sp³-hybridized carbons (Fsp3) is 0.250. The molecule has 0 fully saturated rings. The number of aliphatic hydroxyl groups is 1. The maximum absolute atomic E-state index is 9.13. The van der Waals surface area contributed by atoms with Gasteiger partial charge in [0.15, 0.2) is 0 Å². The Hall–Kier alpha value is -1.37. The van der Waals surface area contributed by atoms with Crippen LogP contribution in [0.25, 0.3) is 5.69 Å². The summed E-state index contributed by atoms with van der Waals surface area (Å²) in [6, 6.07) is 5.21. The SMILES string of the molecule is COc1cc(Br)cc(-n2cncc2C(N)CO)c1. The predicted octanol–water partition coefficient (Wildman–Crippen LogP) is 1.64. The van der Waals surface area contributed by atoms with Gasteiger partial charge in [-0.2, -0.15) is 0 Å². The van der Waals surface area contributed by atoms with Crippen LogP contribution >= 0.6 is 15.9 Å². The van der Waals surface area contributed by atoms with Crippen LogP contribution in [0, 0.1) is 0 Å². The quantitative estimate of drug-likeness (QED) is 0.900. The molecule has 1 atom stereocenters. The maximum Gasteiger partial charge on any atom is 0.122 e. The van der Waals surface area contributed by atoms with Crippen molar-refractivity contribution in [1.82, 2.24) is 9.55 Å². The molecule has 18 heavy (non-hydrogen) atoms. The number of rotatable bonds is 4. The zero-order chi connectivity index (χ0) is 13.1. The van der Waals surface area contributed by atoms with Gasteiger partial charge in [0.2, 0.25) is 0 Å². The molecule has 0 bridgehead atoms. The molecule has 1 aromatic heterocycles. The highest BCUT2D eigenvalue weighted by molar-refractivity contribution is 9.10. The molecule has 0 saturated carbocycles. The van der Waals surface area contributed by atoms with Gasteiger partial charge < -0.3 is 20.1 Å². The smallest absolute Gasteiger partial charge is 0.122 e. The topological polar surface area (TPSA) is 73.3 Å². The van der Waals surface area contributed by atoms with Crippen LogP contribution in [-0.4, -0.2) is 28.4 Å². The number of hydrogen-bond acceptors (Lipinski definition) is 4. The fourth-order valence-corrected chi connectivity index (χ4v) is 2.15. The summed E-state index contributed by atoms with van der Waals surface area (Å²) in [6.45, 7) is -0.128. The molecule has 2 aromatic rings. The largest absolute Gasteiger partial charge is 0.497 e. The summed E-state index contributed by atoms with van der Waals surface area (Å²) in [4.78, 5) is 4.07. The molecule has 0 amide bonds. The lowest BCUT2D eigenvalue weighted by Gasteiger charge is -2.13. The van der Waals surface area contributed by atoms with E-state index < -0.39 is 6.04 Å². The molecule has 6 heteroatoms. The van der Waals surface area contributed by atoms with Gasteiger partial charge in [-0.15, -0.1) is 0 Å². The van der Waals surface area contributed by atoms with Crippen LogP contribution in [0.2, 0.25) is 0 Å². The molecular formula is C12H14BrN3O2. The highest BCUT2D eigenvalue weighted by Crippen LogP contribution is 2.25. The minimum Gasteiger partial charge on any atom is -0.497 e. The van der Waals surface area contributed by atoms with Gasteiger partial charge in [-0.3, -0.25) is 0 Å². The van der Waals surface area contributed by atoms with Crippen LogP contribution in [0.3, 0.4) is 0 Å². The first kappa shape index (κ1) is 13.1. The zero-order valence-corrected chi connectivity index (χ0v) is 11.5. The molecule has 3 N–H and O–H groups in total. The predicted molar refractivity (Wildman–Crippen MR) is 71.8 cm³/mol. The molecule has 96 valence electrons. The second-order valence-electron chi connectivity index (χ2n) is 3.83. The lowest BCUT2D eigenvalue weighted by molar-refractivity contribution is 0.265. The van der Waals surface area contributed by atoms with E-state index in [1.807, 2.05) is 22.8 Å². The molecule has 2 rings (SSSR count). The Morgan fingerprint density at radius 1 is 1.50 bits per heavy atom. The third-order valence-corrected chi connectivity index (χ3v) is 3.07. The van der Waals surface area contributed by atoms with E-state index in [9.17, 15) is 0 Å². The van der Waals surface area contributed by atoms with Crippen molar-refractivity contribution in [3.63, 3.8) is 0 Å². The Labute approximate surface area is 113 Å². The number of hydrogen-bond donors (Lipinski definition) is 2. The van der Waals surface area contributed by atoms with Crippen LogP contribution < -0.4 is 10.5 Å². The number of methoxy groups -OCH3 is 1. The summed E-state index contributed by atoms with van der Waals surface area (Å²) in [7, 11) is 1.61. The normalized spacial score (nSPS) is 12.4. The first-order valence-corrected chi connectivity index (χ1v) is 6.18. The number of benzene rings is 1. The third kappa shape index (κ3) is 2.55. The molecule has 1 aromatic carbocycles. The summed E-state index contributed by atoms with van der Waals surface area (Å²) in [5.74, 6) is 0.733. The van der Waals surface area contributed by atoms with Gasteiger partial charge in [0.25, 0.3) is 0 Å². The second-order valence-corrected chi connectivity index (χ2v) is 4.74. The molecule has 1 heterocycles. The minimum atomic E-state index is -0.461. The summed E-state index contributed by atoms with van der Waals surface area (Å²) < 4.78 is 7.94. The molecule has 1 unspecified atom stereocenters. The van der Waals surface area contributed by atoms with E-state index in [0.717, 1.165) is 21.6 Å². The van der Waals surface area contributed by atoms with Gasteiger partial charge in [-0.05, 0) is 12.1 Å². The molecule has 0 aliphatic carbocycles. The molecule has 0 spiro atoms. The molecule has 0 aliphatic heterocycles. The lowest BCUT2D eigenvalue weighted by Crippen LogP contribution is -2.18. The van der Waals surface area contributed by atoms with E-state index >= 15 is 0 Å². The van der Waals surface area contributed by atoms with E-state index in [1.54, 1.807) is 19.6 Å². The fourth-order valence-electron chi connectivity index (χ4n) is 1.69. The maximum atomic E-state index is 9.13. The van der Waals surface area contributed by atoms with Crippen molar-refractivity contribution >= 4 is 15.9 Å². The Morgan fingerprint density at radius 3 is 2.94 bits per heavy atom. The molecule has 0 aliphatic rings. The summed E-state index contributed by atoms with van der Waals surface area (Å²) in [5, 5.41) is 9.13. The van der Waals surface area contributed by atoms with Gasteiger partial charge in [-0.1, -0.05) is 15.9 Å². The van der Waals surface area contributed by atoms with Gasteiger partial charge >= 0.3 is 0 Å².